The highest BCUT2D eigenvalue weighted by molar-refractivity contribution is 7.10. The number of hydrogen-bond acceptors (Lipinski definition) is 3. The van der Waals surface area contributed by atoms with Crippen LogP contribution >= 0.6 is 22.7 Å². The van der Waals surface area contributed by atoms with Crippen molar-refractivity contribution in [1.29, 1.82) is 0 Å². The Morgan fingerprint density at radius 2 is 2.13 bits per heavy atom. The zero-order valence-electron chi connectivity index (χ0n) is 12.7. The SMILES string of the molecule is O=C(Cc1cccs1)N1CCCn2cccc2C1c1ccsc1. The summed E-state index contributed by atoms with van der Waals surface area (Å²) in [4.78, 5) is 16.2. The first-order valence-electron chi connectivity index (χ1n) is 7.82. The highest BCUT2D eigenvalue weighted by Gasteiger charge is 2.30. The number of fused-ring (bicyclic) bond motifs is 1. The van der Waals surface area contributed by atoms with Crippen molar-refractivity contribution in [2.75, 3.05) is 6.54 Å². The Labute approximate surface area is 143 Å². The van der Waals surface area contributed by atoms with Crippen LogP contribution in [0, 0.1) is 0 Å². The molecule has 0 saturated carbocycles. The predicted molar refractivity (Wildman–Crippen MR) is 94.9 cm³/mol. The molecule has 0 saturated heterocycles. The number of rotatable bonds is 3. The average Bonchev–Trinajstić information content (AvgIpc) is 3.29. The van der Waals surface area contributed by atoms with Crippen molar-refractivity contribution in [2.45, 2.75) is 25.4 Å². The maximum Gasteiger partial charge on any atom is 0.228 e. The number of aromatic nitrogens is 1. The molecule has 5 heteroatoms. The second-order valence-corrected chi connectivity index (χ2v) is 7.59. The summed E-state index contributed by atoms with van der Waals surface area (Å²) in [6, 6.07) is 10.5. The van der Waals surface area contributed by atoms with Gasteiger partial charge < -0.3 is 9.47 Å². The molecular weight excluding hydrogens is 324 g/mol. The van der Waals surface area contributed by atoms with Gasteiger partial charge in [0.2, 0.25) is 5.91 Å². The fourth-order valence-corrected chi connectivity index (χ4v) is 4.67. The zero-order chi connectivity index (χ0) is 15.6. The van der Waals surface area contributed by atoms with Crippen LogP contribution in [0.25, 0.3) is 0 Å². The van der Waals surface area contributed by atoms with E-state index in [1.165, 1.54) is 11.3 Å². The van der Waals surface area contributed by atoms with Gasteiger partial charge in [-0.1, -0.05) is 6.07 Å². The van der Waals surface area contributed by atoms with E-state index in [9.17, 15) is 4.79 Å². The Hall–Kier alpha value is -1.85. The number of carbonyl (C=O) groups is 1. The zero-order valence-corrected chi connectivity index (χ0v) is 14.4. The fourth-order valence-electron chi connectivity index (χ4n) is 3.29. The Balaban J connectivity index is 1.70. The molecule has 0 N–H and O–H groups in total. The Morgan fingerprint density at radius 1 is 1.17 bits per heavy atom. The first-order chi connectivity index (χ1) is 11.3. The summed E-state index contributed by atoms with van der Waals surface area (Å²) in [5.74, 6) is 0.221. The van der Waals surface area contributed by atoms with Crippen LogP contribution in [0.3, 0.4) is 0 Å². The van der Waals surface area contributed by atoms with Gasteiger partial charge >= 0.3 is 0 Å². The topological polar surface area (TPSA) is 25.2 Å². The highest BCUT2D eigenvalue weighted by Crippen LogP contribution is 2.33. The van der Waals surface area contributed by atoms with Gasteiger partial charge in [0.15, 0.2) is 0 Å². The molecule has 0 fully saturated rings. The molecule has 1 atom stereocenters. The first kappa shape index (κ1) is 14.7. The summed E-state index contributed by atoms with van der Waals surface area (Å²) in [5.41, 5.74) is 2.44. The van der Waals surface area contributed by atoms with Crippen molar-refractivity contribution >= 4 is 28.6 Å². The Morgan fingerprint density at radius 3 is 2.91 bits per heavy atom. The maximum atomic E-state index is 13.0. The minimum atomic E-state index is 0.0335. The normalized spacial score (nSPS) is 17.7. The van der Waals surface area contributed by atoms with E-state index < -0.39 is 0 Å². The number of amides is 1. The van der Waals surface area contributed by atoms with Crippen molar-refractivity contribution in [3.63, 3.8) is 0 Å². The van der Waals surface area contributed by atoms with E-state index in [1.807, 2.05) is 17.5 Å². The molecule has 0 aromatic carbocycles. The molecule has 0 spiro atoms. The Kier molecular flexibility index (Phi) is 4.06. The van der Waals surface area contributed by atoms with Crippen LogP contribution < -0.4 is 0 Å². The Bertz CT molecular complexity index is 774. The molecule has 0 bridgehead atoms. The monoisotopic (exact) mass is 342 g/mol. The molecule has 3 aromatic heterocycles. The third-order valence-corrected chi connectivity index (χ3v) is 5.92. The molecule has 3 aromatic rings. The average molecular weight is 342 g/mol. The molecule has 0 radical (unpaired) electrons. The van der Waals surface area contributed by atoms with E-state index in [4.69, 9.17) is 0 Å². The van der Waals surface area contributed by atoms with Crippen LogP contribution in [0.5, 0.6) is 0 Å². The smallest absolute Gasteiger partial charge is 0.228 e. The van der Waals surface area contributed by atoms with Gasteiger partial charge in [-0.05, 0) is 52.4 Å². The lowest BCUT2D eigenvalue weighted by Gasteiger charge is -2.30. The molecule has 0 aliphatic carbocycles. The van der Waals surface area contributed by atoms with E-state index in [0.717, 1.165) is 24.4 Å². The van der Waals surface area contributed by atoms with Gasteiger partial charge in [0.1, 0.15) is 0 Å². The third kappa shape index (κ3) is 2.86. The predicted octanol–water partition coefficient (Wildman–Crippen LogP) is 4.18. The third-order valence-electron chi connectivity index (χ3n) is 4.34. The van der Waals surface area contributed by atoms with E-state index in [2.05, 4.69) is 44.6 Å². The summed E-state index contributed by atoms with van der Waals surface area (Å²) >= 11 is 3.35. The van der Waals surface area contributed by atoms with Crippen LogP contribution in [-0.2, 0) is 17.8 Å². The highest BCUT2D eigenvalue weighted by atomic mass is 32.1. The van der Waals surface area contributed by atoms with Gasteiger partial charge in [-0.15, -0.1) is 11.3 Å². The van der Waals surface area contributed by atoms with Crippen LogP contribution in [0.4, 0.5) is 0 Å². The van der Waals surface area contributed by atoms with Crippen molar-refractivity contribution in [2.24, 2.45) is 0 Å². The lowest BCUT2D eigenvalue weighted by molar-refractivity contribution is -0.132. The van der Waals surface area contributed by atoms with E-state index >= 15 is 0 Å². The molecule has 1 aliphatic heterocycles. The van der Waals surface area contributed by atoms with Gasteiger partial charge in [0.05, 0.1) is 12.5 Å². The standard InChI is InChI=1S/C18H18N2OS2/c21-17(12-15-4-2-10-23-15)20-9-3-8-19-7-1-5-16(19)18(20)14-6-11-22-13-14/h1-2,4-7,10-11,13,18H,3,8-9,12H2. The molecular formula is C18H18N2OS2. The van der Waals surface area contributed by atoms with Crippen molar-refractivity contribution in [1.82, 2.24) is 9.47 Å². The van der Waals surface area contributed by atoms with Gasteiger partial charge in [0.25, 0.3) is 0 Å². The number of carbonyl (C=O) groups excluding carboxylic acids is 1. The van der Waals surface area contributed by atoms with Crippen molar-refractivity contribution in [3.8, 4) is 0 Å². The molecule has 1 amide bonds. The molecule has 1 aliphatic rings. The summed E-state index contributed by atoms with van der Waals surface area (Å²) in [5, 5.41) is 6.29. The quantitative estimate of drug-likeness (QED) is 0.701. The fraction of sp³-hybridized carbons (Fsp3) is 0.278. The van der Waals surface area contributed by atoms with Crippen LogP contribution in [0.2, 0.25) is 0 Å². The molecule has 4 rings (SSSR count). The lowest BCUT2D eigenvalue weighted by Crippen LogP contribution is -2.36. The van der Waals surface area contributed by atoms with E-state index in [1.54, 1.807) is 22.7 Å². The van der Waals surface area contributed by atoms with Gasteiger partial charge in [-0.25, -0.2) is 0 Å². The minimum Gasteiger partial charge on any atom is -0.349 e. The molecule has 3 nitrogen and oxygen atoms in total. The summed E-state index contributed by atoms with van der Waals surface area (Å²) in [6.45, 7) is 1.79. The molecule has 4 heterocycles. The van der Waals surface area contributed by atoms with Crippen LogP contribution in [-0.4, -0.2) is 21.9 Å². The molecule has 1 unspecified atom stereocenters. The van der Waals surface area contributed by atoms with Gasteiger partial charge in [-0.3, -0.25) is 4.79 Å². The lowest BCUT2D eigenvalue weighted by atomic mass is 10.0. The summed E-state index contributed by atoms with van der Waals surface area (Å²) in [7, 11) is 0. The van der Waals surface area contributed by atoms with E-state index in [0.29, 0.717) is 6.42 Å². The maximum absolute atomic E-state index is 13.0. The molecule has 118 valence electrons. The summed E-state index contributed by atoms with van der Waals surface area (Å²) < 4.78 is 2.29. The second kappa shape index (κ2) is 6.34. The van der Waals surface area contributed by atoms with Gasteiger partial charge in [-0.2, -0.15) is 11.3 Å². The number of aryl methyl sites for hydroxylation is 1. The van der Waals surface area contributed by atoms with Crippen LogP contribution in [0.1, 0.15) is 28.6 Å². The first-order valence-corrected chi connectivity index (χ1v) is 9.64. The number of hydrogen-bond donors (Lipinski definition) is 0. The minimum absolute atomic E-state index is 0.0335. The van der Waals surface area contributed by atoms with Crippen molar-refractivity contribution in [3.05, 3.63) is 68.8 Å². The molecule has 23 heavy (non-hydrogen) atoms. The van der Waals surface area contributed by atoms with Crippen molar-refractivity contribution < 1.29 is 4.79 Å². The summed E-state index contributed by atoms with van der Waals surface area (Å²) in [6.07, 6.45) is 3.62. The van der Waals surface area contributed by atoms with E-state index in [-0.39, 0.29) is 11.9 Å². The van der Waals surface area contributed by atoms with Gasteiger partial charge in [0, 0.05) is 29.9 Å². The van der Waals surface area contributed by atoms with Crippen LogP contribution in [0.15, 0.2) is 52.7 Å². The second-order valence-electron chi connectivity index (χ2n) is 5.78. The number of thiophene rings is 2. The number of nitrogens with zero attached hydrogens (tertiary/aromatic N) is 2. The largest absolute Gasteiger partial charge is 0.349 e.